The van der Waals surface area contributed by atoms with Crippen molar-refractivity contribution >= 4 is 51.4 Å². The van der Waals surface area contributed by atoms with Crippen molar-refractivity contribution < 1.29 is 9.59 Å². The molecule has 31 heavy (non-hydrogen) atoms. The topological polar surface area (TPSA) is 59.1 Å². The van der Waals surface area contributed by atoms with Crippen molar-refractivity contribution in [3.05, 3.63) is 68.0 Å². The summed E-state index contributed by atoms with van der Waals surface area (Å²) >= 11 is 13.6. The van der Waals surface area contributed by atoms with Crippen LogP contribution in [0.2, 0.25) is 10.0 Å². The average Bonchev–Trinajstić information content (AvgIpc) is 3.10. The molecular formula is C24H24Cl2N2O2S. The predicted molar refractivity (Wildman–Crippen MR) is 130 cm³/mol. The summed E-state index contributed by atoms with van der Waals surface area (Å²) in [6.45, 7) is 5.99. The smallest absolute Gasteiger partial charge is 0.226 e. The van der Waals surface area contributed by atoms with E-state index in [0.29, 0.717) is 20.7 Å². The lowest BCUT2D eigenvalue weighted by Crippen LogP contribution is -2.13. The van der Waals surface area contributed by atoms with Gasteiger partial charge in [0.25, 0.3) is 0 Å². The summed E-state index contributed by atoms with van der Waals surface area (Å²) in [5.74, 6) is -0.259. The first-order valence-corrected chi connectivity index (χ1v) is 11.7. The van der Waals surface area contributed by atoms with Gasteiger partial charge in [-0.15, -0.1) is 11.3 Å². The van der Waals surface area contributed by atoms with Gasteiger partial charge in [-0.3, -0.25) is 9.59 Å². The van der Waals surface area contributed by atoms with Crippen molar-refractivity contribution in [1.82, 2.24) is 4.98 Å². The third-order valence-electron chi connectivity index (χ3n) is 4.88. The zero-order valence-corrected chi connectivity index (χ0v) is 20.0. The molecule has 3 aromatic rings. The molecule has 0 aliphatic rings. The van der Waals surface area contributed by atoms with E-state index in [4.69, 9.17) is 23.2 Å². The molecule has 0 saturated heterocycles. The van der Waals surface area contributed by atoms with Crippen LogP contribution in [0.25, 0.3) is 11.3 Å². The van der Waals surface area contributed by atoms with Gasteiger partial charge >= 0.3 is 0 Å². The maximum Gasteiger partial charge on any atom is 0.226 e. The number of nitrogens with zero attached hydrogens (tertiary/aromatic N) is 1. The molecule has 0 radical (unpaired) electrons. The minimum Gasteiger partial charge on any atom is -0.302 e. The highest BCUT2D eigenvalue weighted by atomic mass is 35.5. The summed E-state index contributed by atoms with van der Waals surface area (Å²) in [6.07, 6.45) is 2.06. The van der Waals surface area contributed by atoms with E-state index in [1.54, 1.807) is 12.1 Å². The fraction of sp³-hybridized carbons (Fsp3) is 0.292. The molecule has 1 amide bonds. The number of ketones is 1. The van der Waals surface area contributed by atoms with Gasteiger partial charge in [0.15, 0.2) is 10.9 Å². The van der Waals surface area contributed by atoms with Gasteiger partial charge in [-0.25, -0.2) is 4.98 Å². The quantitative estimate of drug-likeness (QED) is 0.348. The summed E-state index contributed by atoms with van der Waals surface area (Å²) in [4.78, 5) is 30.7. The third kappa shape index (κ3) is 5.94. The zero-order valence-electron chi connectivity index (χ0n) is 17.7. The Morgan fingerprint density at radius 1 is 1.03 bits per heavy atom. The second kappa shape index (κ2) is 10.4. The van der Waals surface area contributed by atoms with Crippen LogP contribution in [0.1, 0.15) is 52.5 Å². The van der Waals surface area contributed by atoms with Crippen LogP contribution in [0.3, 0.4) is 0 Å². The lowest BCUT2D eigenvalue weighted by Gasteiger charge is -2.06. The number of rotatable bonds is 8. The number of amides is 1. The van der Waals surface area contributed by atoms with Crippen molar-refractivity contribution in [2.75, 3.05) is 5.32 Å². The molecule has 7 heteroatoms. The lowest BCUT2D eigenvalue weighted by molar-refractivity contribution is -0.116. The molecule has 1 heterocycles. The Balaban J connectivity index is 1.69. The normalized spacial score (nSPS) is 10.9. The first-order valence-electron chi connectivity index (χ1n) is 10.1. The van der Waals surface area contributed by atoms with Gasteiger partial charge in [-0.1, -0.05) is 66.4 Å². The van der Waals surface area contributed by atoms with Gasteiger partial charge < -0.3 is 5.32 Å². The van der Waals surface area contributed by atoms with Crippen LogP contribution in [-0.4, -0.2) is 16.7 Å². The third-order valence-corrected chi connectivity index (χ3v) is 6.64. The van der Waals surface area contributed by atoms with E-state index < -0.39 is 0 Å². The van der Waals surface area contributed by atoms with Crippen molar-refractivity contribution in [3.8, 4) is 11.3 Å². The number of Topliss-reactive ketones (excluding diaryl/α,β-unsaturated/α-hetero) is 1. The standard InChI is InChI=1S/C24H24Cl2N2O2S/c1-4-5-21-23(16-7-9-18(25)19(26)13-16)28-24(31-21)27-22(30)11-10-20(29)17-8-6-14(2)12-15(17)3/h6-9,12-13H,4-5,10-11H2,1-3H3,(H,27,28,30). The van der Waals surface area contributed by atoms with Crippen LogP contribution in [0, 0.1) is 13.8 Å². The SMILES string of the molecule is CCCc1sc(NC(=O)CCC(=O)c2ccc(C)cc2C)nc1-c1ccc(Cl)c(Cl)c1. The van der Waals surface area contributed by atoms with E-state index in [0.717, 1.165) is 40.1 Å². The van der Waals surface area contributed by atoms with E-state index in [9.17, 15) is 9.59 Å². The number of anilines is 1. The summed E-state index contributed by atoms with van der Waals surface area (Å²) in [5, 5.41) is 4.32. The summed E-state index contributed by atoms with van der Waals surface area (Å²) in [6, 6.07) is 11.1. The summed E-state index contributed by atoms with van der Waals surface area (Å²) in [5.41, 5.74) is 4.36. The molecule has 0 unspecified atom stereocenters. The van der Waals surface area contributed by atoms with E-state index in [2.05, 4.69) is 17.2 Å². The molecule has 0 atom stereocenters. The first kappa shape index (κ1) is 23.5. The Hall–Kier alpha value is -2.21. The van der Waals surface area contributed by atoms with Gasteiger partial charge in [0, 0.05) is 28.8 Å². The Morgan fingerprint density at radius 3 is 2.48 bits per heavy atom. The minimum absolute atomic E-state index is 0.0324. The molecule has 4 nitrogen and oxygen atoms in total. The first-order chi connectivity index (χ1) is 14.8. The van der Waals surface area contributed by atoms with E-state index in [-0.39, 0.29) is 24.5 Å². The van der Waals surface area contributed by atoms with Crippen LogP contribution in [0.4, 0.5) is 5.13 Å². The number of nitrogens with one attached hydrogen (secondary N) is 1. The number of halogens is 2. The maximum atomic E-state index is 12.5. The number of carbonyl (C=O) groups is 2. The highest BCUT2D eigenvalue weighted by Gasteiger charge is 2.17. The van der Waals surface area contributed by atoms with Crippen molar-refractivity contribution in [2.45, 2.75) is 46.5 Å². The molecule has 3 rings (SSSR count). The van der Waals surface area contributed by atoms with Crippen molar-refractivity contribution in [1.29, 1.82) is 0 Å². The Kier molecular flexibility index (Phi) is 7.87. The van der Waals surface area contributed by atoms with Gasteiger partial charge in [0.2, 0.25) is 5.91 Å². The average molecular weight is 475 g/mol. The number of hydrogen-bond donors (Lipinski definition) is 1. The van der Waals surface area contributed by atoms with Crippen LogP contribution in [-0.2, 0) is 11.2 Å². The molecular weight excluding hydrogens is 451 g/mol. The molecule has 2 aromatic carbocycles. The highest BCUT2D eigenvalue weighted by Crippen LogP contribution is 2.35. The van der Waals surface area contributed by atoms with Crippen LogP contribution < -0.4 is 5.32 Å². The highest BCUT2D eigenvalue weighted by molar-refractivity contribution is 7.16. The van der Waals surface area contributed by atoms with E-state index in [1.165, 1.54) is 11.3 Å². The molecule has 1 aromatic heterocycles. The van der Waals surface area contributed by atoms with Gasteiger partial charge in [-0.2, -0.15) is 0 Å². The second-order valence-corrected chi connectivity index (χ2v) is 9.36. The molecule has 0 aliphatic carbocycles. The fourth-order valence-corrected chi connectivity index (χ4v) is 4.74. The van der Waals surface area contributed by atoms with Crippen LogP contribution >= 0.6 is 34.5 Å². The van der Waals surface area contributed by atoms with Gasteiger partial charge in [0.1, 0.15) is 0 Å². The lowest BCUT2D eigenvalue weighted by atomic mass is 9.99. The Bertz CT molecular complexity index is 1120. The second-order valence-electron chi connectivity index (χ2n) is 7.46. The number of carbonyl (C=O) groups excluding carboxylic acids is 2. The van der Waals surface area contributed by atoms with Crippen LogP contribution in [0.5, 0.6) is 0 Å². The number of hydrogen-bond acceptors (Lipinski definition) is 4. The Labute approximate surface area is 196 Å². The van der Waals surface area contributed by atoms with E-state index in [1.807, 2.05) is 38.1 Å². The van der Waals surface area contributed by atoms with Gasteiger partial charge in [-0.05, 0) is 38.0 Å². The van der Waals surface area contributed by atoms with Crippen molar-refractivity contribution in [2.24, 2.45) is 0 Å². The molecule has 0 saturated carbocycles. The van der Waals surface area contributed by atoms with Crippen molar-refractivity contribution in [3.63, 3.8) is 0 Å². The number of aryl methyl sites for hydroxylation is 3. The summed E-state index contributed by atoms with van der Waals surface area (Å²) in [7, 11) is 0. The minimum atomic E-state index is -0.226. The molecule has 162 valence electrons. The maximum absolute atomic E-state index is 12.5. The molecule has 1 N–H and O–H groups in total. The zero-order chi connectivity index (χ0) is 22.5. The largest absolute Gasteiger partial charge is 0.302 e. The molecule has 0 spiro atoms. The fourth-order valence-electron chi connectivity index (χ4n) is 3.34. The number of thiazole rings is 1. The van der Waals surface area contributed by atoms with E-state index >= 15 is 0 Å². The Morgan fingerprint density at radius 2 is 1.81 bits per heavy atom. The molecule has 0 bridgehead atoms. The summed E-state index contributed by atoms with van der Waals surface area (Å²) < 4.78 is 0. The number of benzene rings is 2. The van der Waals surface area contributed by atoms with Gasteiger partial charge in [0.05, 0.1) is 15.7 Å². The molecule has 0 fully saturated rings. The monoisotopic (exact) mass is 474 g/mol. The van der Waals surface area contributed by atoms with Crippen LogP contribution in [0.15, 0.2) is 36.4 Å². The molecule has 0 aliphatic heterocycles. The number of aromatic nitrogens is 1. The predicted octanol–water partition coefficient (Wildman–Crippen LogP) is 7.29.